The van der Waals surface area contributed by atoms with Crippen LogP contribution in [0.15, 0.2) is 0 Å². The third-order valence-electron chi connectivity index (χ3n) is 4.47. The highest BCUT2D eigenvalue weighted by Gasteiger charge is 2.38. The van der Waals surface area contributed by atoms with Gasteiger partial charge in [-0.15, -0.1) is 0 Å². The zero-order valence-corrected chi connectivity index (χ0v) is 10.4. The fourth-order valence-electron chi connectivity index (χ4n) is 3.34. The number of hydrogen-bond donors (Lipinski definition) is 2. The van der Waals surface area contributed by atoms with Crippen molar-refractivity contribution >= 4 is 0 Å². The van der Waals surface area contributed by atoms with Crippen molar-refractivity contribution in [2.75, 3.05) is 26.3 Å². The predicted molar refractivity (Wildman–Crippen MR) is 64.2 cm³/mol. The predicted octanol–water partition coefficient (Wildman–Crippen LogP) is 1.24. The lowest BCUT2D eigenvalue weighted by molar-refractivity contribution is 0.0247. The van der Waals surface area contributed by atoms with Crippen molar-refractivity contribution in [1.82, 2.24) is 4.90 Å². The van der Waals surface area contributed by atoms with Crippen LogP contribution in [0, 0.1) is 11.3 Å². The second kappa shape index (κ2) is 5.03. The number of rotatable bonds is 4. The molecule has 0 aromatic carbocycles. The molecular formula is C13H25NO2. The average molecular weight is 227 g/mol. The minimum Gasteiger partial charge on any atom is -0.396 e. The van der Waals surface area contributed by atoms with Crippen LogP contribution in [0.2, 0.25) is 0 Å². The minimum atomic E-state index is -0.327. The van der Waals surface area contributed by atoms with Crippen LogP contribution in [0.5, 0.6) is 0 Å². The van der Waals surface area contributed by atoms with E-state index in [9.17, 15) is 10.2 Å². The number of likely N-dealkylation sites (tertiary alicyclic amines) is 1. The number of aliphatic hydroxyl groups excluding tert-OH is 2. The van der Waals surface area contributed by atoms with E-state index in [0.29, 0.717) is 0 Å². The standard InChI is InChI=1S/C13H25NO2/c1-13(9-15,10-16)8-14-7-6-11-4-2-3-5-12(11)14/h11-12,15-16H,2-10H2,1H3. The van der Waals surface area contributed by atoms with Crippen molar-refractivity contribution in [3.8, 4) is 0 Å². The van der Waals surface area contributed by atoms with Gasteiger partial charge in [-0.2, -0.15) is 0 Å². The Morgan fingerprint density at radius 3 is 2.50 bits per heavy atom. The maximum Gasteiger partial charge on any atom is 0.0519 e. The van der Waals surface area contributed by atoms with Gasteiger partial charge < -0.3 is 10.2 Å². The maximum atomic E-state index is 9.35. The first-order valence-electron chi connectivity index (χ1n) is 6.64. The Hall–Kier alpha value is -0.120. The van der Waals surface area contributed by atoms with E-state index < -0.39 is 0 Å². The van der Waals surface area contributed by atoms with Gasteiger partial charge in [0.15, 0.2) is 0 Å². The Balaban J connectivity index is 1.95. The van der Waals surface area contributed by atoms with Gasteiger partial charge in [-0.05, 0) is 31.7 Å². The first-order valence-corrected chi connectivity index (χ1v) is 6.64. The molecule has 2 unspecified atom stereocenters. The van der Waals surface area contributed by atoms with Crippen molar-refractivity contribution in [2.24, 2.45) is 11.3 Å². The van der Waals surface area contributed by atoms with Crippen molar-refractivity contribution in [1.29, 1.82) is 0 Å². The van der Waals surface area contributed by atoms with Crippen LogP contribution in [0.4, 0.5) is 0 Å². The topological polar surface area (TPSA) is 43.7 Å². The van der Waals surface area contributed by atoms with Crippen LogP contribution in [-0.2, 0) is 0 Å². The molecule has 3 nitrogen and oxygen atoms in total. The second-order valence-corrected chi connectivity index (χ2v) is 6.00. The van der Waals surface area contributed by atoms with E-state index in [2.05, 4.69) is 4.90 Å². The van der Waals surface area contributed by atoms with Crippen LogP contribution in [0.3, 0.4) is 0 Å². The Morgan fingerprint density at radius 1 is 1.12 bits per heavy atom. The fraction of sp³-hybridized carbons (Fsp3) is 1.00. The summed E-state index contributed by atoms with van der Waals surface area (Å²) in [5, 5.41) is 18.7. The summed E-state index contributed by atoms with van der Waals surface area (Å²) < 4.78 is 0. The number of fused-ring (bicyclic) bond motifs is 1. The molecule has 0 radical (unpaired) electrons. The Kier molecular flexibility index (Phi) is 3.88. The maximum absolute atomic E-state index is 9.35. The van der Waals surface area contributed by atoms with Gasteiger partial charge in [-0.25, -0.2) is 0 Å². The third-order valence-corrected chi connectivity index (χ3v) is 4.47. The molecule has 2 fully saturated rings. The van der Waals surface area contributed by atoms with Crippen molar-refractivity contribution < 1.29 is 10.2 Å². The molecule has 2 rings (SSSR count). The summed E-state index contributed by atoms with van der Waals surface area (Å²) in [6, 6.07) is 0.728. The highest BCUT2D eigenvalue weighted by molar-refractivity contribution is 4.92. The lowest BCUT2D eigenvalue weighted by Gasteiger charge is -2.37. The number of hydrogen-bond acceptors (Lipinski definition) is 3. The third kappa shape index (κ3) is 2.41. The molecule has 0 aromatic heterocycles. The van der Waals surface area contributed by atoms with Crippen LogP contribution >= 0.6 is 0 Å². The van der Waals surface area contributed by atoms with Gasteiger partial charge in [0.2, 0.25) is 0 Å². The molecule has 16 heavy (non-hydrogen) atoms. The largest absolute Gasteiger partial charge is 0.396 e. The molecule has 1 heterocycles. The average Bonchev–Trinajstić information content (AvgIpc) is 2.73. The summed E-state index contributed by atoms with van der Waals surface area (Å²) in [6.45, 7) is 4.14. The summed E-state index contributed by atoms with van der Waals surface area (Å²) in [5.74, 6) is 0.885. The van der Waals surface area contributed by atoms with E-state index in [-0.39, 0.29) is 18.6 Å². The summed E-state index contributed by atoms with van der Waals surface area (Å²) in [5.41, 5.74) is -0.327. The Morgan fingerprint density at radius 2 is 1.81 bits per heavy atom. The molecule has 2 aliphatic rings. The van der Waals surface area contributed by atoms with E-state index in [1.165, 1.54) is 32.1 Å². The van der Waals surface area contributed by atoms with Gasteiger partial charge in [0.05, 0.1) is 13.2 Å². The summed E-state index contributed by atoms with van der Waals surface area (Å²) >= 11 is 0. The summed E-state index contributed by atoms with van der Waals surface area (Å²) in [6.07, 6.45) is 6.77. The highest BCUT2D eigenvalue weighted by atomic mass is 16.3. The van der Waals surface area contributed by atoms with Crippen LogP contribution in [0.1, 0.15) is 39.0 Å². The van der Waals surface area contributed by atoms with Gasteiger partial charge >= 0.3 is 0 Å². The van der Waals surface area contributed by atoms with E-state index in [1.807, 2.05) is 6.92 Å². The first kappa shape index (κ1) is 12.3. The van der Waals surface area contributed by atoms with Crippen LogP contribution in [0.25, 0.3) is 0 Å². The summed E-state index contributed by atoms with van der Waals surface area (Å²) in [4.78, 5) is 2.51. The molecule has 1 saturated carbocycles. The zero-order chi connectivity index (χ0) is 11.6. The van der Waals surface area contributed by atoms with Crippen LogP contribution in [-0.4, -0.2) is 47.5 Å². The number of aliphatic hydroxyl groups is 2. The van der Waals surface area contributed by atoms with Gasteiger partial charge in [0.1, 0.15) is 0 Å². The quantitative estimate of drug-likeness (QED) is 0.759. The lowest BCUT2D eigenvalue weighted by atomic mass is 9.84. The van der Waals surface area contributed by atoms with E-state index in [4.69, 9.17) is 0 Å². The second-order valence-electron chi connectivity index (χ2n) is 6.00. The van der Waals surface area contributed by atoms with Gasteiger partial charge in [-0.3, -0.25) is 4.90 Å². The monoisotopic (exact) mass is 227 g/mol. The molecule has 1 aliphatic heterocycles. The lowest BCUT2D eigenvalue weighted by Crippen LogP contribution is -2.44. The first-order chi connectivity index (χ1) is 7.68. The molecule has 1 aliphatic carbocycles. The molecule has 3 heteroatoms. The van der Waals surface area contributed by atoms with E-state index in [1.54, 1.807) is 0 Å². The normalized spacial score (nSPS) is 31.7. The van der Waals surface area contributed by atoms with Crippen molar-refractivity contribution in [3.05, 3.63) is 0 Å². The summed E-state index contributed by atoms with van der Waals surface area (Å²) in [7, 11) is 0. The zero-order valence-electron chi connectivity index (χ0n) is 10.4. The van der Waals surface area contributed by atoms with Gasteiger partial charge in [0, 0.05) is 18.0 Å². The Bertz CT molecular complexity index is 228. The molecule has 2 atom stereocenters. The Labute approximate surface area is 98.5 Å². The van der Waals surface area contributed by atoms with Crippen molar-refractivity contribution in [2.45, 2.75) is 45.1 Å². The van der Waals surface area contributed by atoms with Gasteiger partial charge in [0.25, 0.3) is 0 Å². The minimum absolute atomic E-state index is 0.0807. The highest BCUT2D eigenvalue weighted by Crippen LogP contribution is 2.37. The molecule has 0 amide bonds. The SMILES string of the molecule is CC(CO)(CO)CN1CCC2CCCCC21. The number of nitrogens with zero attached hydrogens (tertiary/aromatic N) is 1. The molecule has 94 valence electrons. The molecule has 0 bridgehead atoms. The fourth-order valence-corrected chi connectivity index (χ4v) is 3.34. The van der Waals surface area contributed by atoms with Crippen LogP contribution < -0.4 is 0 Å². The molecule has 2 N–H and O–H groups in total. The molecule has 0 aromatic rings. The smallest absolute Gasteiger partial charge is 0.0519 e. The molecule has 1 saturated heterocycles. The van der Waals surface area contributed by atoms with Crippen molar-refractivity contribution in [3.63, 3.8) is 0 Å². The molecule has 0 spiro atoms. The molecular weight excluding hydrogens is 202 g/mol. The van der Waals surface area contributed by atoms with Gasteiger partial charge in [-0.1, -0.05) is 19.8 Å². The van der Waals surface area contributed by atoms with E-state index >= 15 is 0 Å². The van der Waals surface area contributed by atoms with E-state index in [0.717, 1.165) is 25.0 Å².